The van der Waals surface area contributed by atoms with E-state index in [4.69, 9.17) is 5.73 Å². The van der Waals surface area contributed by atoms with E-state index in [1.807, 2.05) is 0 Å². The zero-order valence-corrected chi connectivity index (χ0v) is 27.7. The summed E-state index contributed by atoms with van der Waals surface area (Å²) in [5, 5.41) is 41.6. The Labute approximate surface area is 290 Å². The molecule has 0 radical (unpaired) electrons. The first kappa shape index (κ1) is 36.9. The second-order valence-corrected chi connectivity index (χ2v) is 14.5. The number of fused-ring (bicyclic) bond motifs is 1. The third-order valence-electron chi connectivity index (χ3n) is 6.66. The zero-order valence-electron chi connectivity index (χ0n) is 25.3. The molecule has 270 valence electrons. The van der Waals surface area contributed by atoms with Crippen molar-refractivity contribution in [3.05, 3.63) is 71.8 Å². The minimum atomic E-state index is -5.27. The molecule has 25 heteroatoms. The van der Waals surface area contributed by atoms with Crippen LogP contribution in [0.3, 0.4) is 0 Å². The molecule has 1 aromatic heterocycles. The molecule has 0 fully saturated rings. The van der Waals surface area contributed by atoms with E-state index in [0.29, 0.717) is 6.07 Å². The van der Waals surface area contributed by atoms with Crippen LogP contribution in [0.5, 0.6) is 5.75 Å². The SMILES string of the molecule is Nc1nc(Nc2cc(C(=O)O)cc(C(=O)O)c2)nc(Nc2cc(S(=O)(=O)O)cc3cc(S(=O)(=O)O)c(/N=N/c4cccc(S(=O)(=O)O)c4)c(O)c23)n1. The van der Waals surface area contributed by atoms with Crippen LogP contribution in [0.25, 0.3) is 10.8 Å². The molecule has 0 unspecified atom stereocenters. The average molecular weight is 777 g/mol. The van der Waals surface area contributed by atoms with Crippen molar-refractivity contribution in [2.75, 3.05) is 16.4 Å². The van der Waals surface area contributed by atoms with Gasteiger partial charge in [-0.05, 0) is 60.0 Å². The van der Waals surface area contributed by atoms with E-state index in [9.17, 15) is 63.8 Å². The summed E-state index contributed by atoms with van der Waals surface area (Å²) in [6.07, 6.45) is 0. The van der Waals surface area contributed by atoms with Crippen molar-refractivity contribution >= 4 is 93.7 Å². The van der Waals surface area contributed by atoms with Crippen LogP contribution in [-0.4, -0.2) is 81.1 Å². The molecule has 4 aromatic carbocycles. The predicted octanol–water partition coefficient (Wildman–Crippen LogP) is 3.35. The number of carbonyl (C=O) groups is 2. The van der Waals surface area contributed by atoms with Crippen LogP contribution >= 0.6 is 0 Å². The first-order valence-corrected chi connectivity index (χ1v) is 17.9. The van der Waals surface area contributed by atoms with Crippen molar-refractivity contribution in [2.45, 2.75) is 14.7 Å². The fraction of sp³-hybridized carbons (Fsp3) is 0. The Balaban J connectivity index is 1.68. The molecule has 0 aliphatic heterocycles. The lowest BCUT2D eigenvalue weighted by atomic mass is 10.1. The number of benzene rings is 4. The topological polar surface area (TPSA) is 371 Å². The normalized spacial score (nSPS) is 12.2. The van der Waals surface area contributed by atoms with Crippen LogP contribution in [-0.2, 0) is 30.4 Å². The Morgan fingerprint density at radius 3 is 1.85 bits per heavy atom. The third kappa shape index (κ3) is 8.15. The summed E-state index contributed by atoms with van der Waals surface area (Å²) < 4.78 is 101. The van der Waals surface area contributed by atoms with Crippen molar-refractivity contribution in [1.82, 2.24) is 15.0 Å². The van der Waals surface area contributed by atoms with E-state index in [0.717, 1.165) is 48.5 Å². The van der Waals surface area contributed by atoms with Crippen LogP contribution in [0, 0.1) is 0 Å². The van der Waals surface area contributed by atoms with Gasteiger partial charge in [0.05, 0.1) is 32.3 Å². The molecule has 0 saturated carbocycles. The molecule has 0 aliphatic rings. The van der Waals surface area contributed by atoms with E-state index in [1.165, 1.54) is 6.07 Å². The van der Waals surface area contributed by atoms with Gasteiger partial charge in [-0.3, -0.25) is 13.7 Å². The van der Waals surface area contributed by atoms with Crippen molar-refractivity contribution < 1.29 is 63.8 Å². The van der Waals surface area contributed by atoms with Crippen molar-refractivity contribution in [1.29, 1.82) is 0 Å². The van der Waals surface area contributed by atoms with Crippen LogP contribution in [0.1, 0.15) is 20.7 Å². The monoisotopic (exact) mass is 776 g/mol. The standard InChI is InChI=1S/C27H20N8O14S3/c28-25-31-26(29-15-5-12(23(37)38)4-13(6-15)24(39)40)33-27(32-25)30-18-10-17(51(44,45)46)7-11-8-19(52(47,48)49)21(22(36)20(11)18)35-34-14-2-1-3-16(9-14)50(41,42)43/h1-10,36H,(H,37,38)(H,39,40)(H,41,42,43)(H,44,45,46)(H,47,48,49)(H4,28,29,30,31,32,33)/b35-34+. The third-order valence-corrected chi connectivity index (χ3v) is 9.21. The van der Waals surface area contributed by atoms with Gasteiger partial charge in [0.25, 0.3) is 30.4 Å². The smallest absolute Gasteiger partial charge is 0.335 e. The van der Waals surface area contributed by atoms with Gasteiger partial charge in [-0.1, -0.05) is 6.07 Å². The molecule has 5 rings (SSSR count). The van der Waals surface area contributed by atoms with E-state index in [2.05, 4.69) is 35.8 Å². The number of phenolic OH excluding ortho intramolecular Hbond substituents is 1. The van der Waals surface area contributed by atoms with Gasteiger partial charge < -0.3 is 31.7 Å². The number of rotatable bonds is 11. The summed E-state index contributed by atoms with van der Waals surface area (Å²) >= 11 is 0. The van der Waals surface area contributed by atoms with Gasteiger partial charge in [0, 0.05) is 11.1 Å². The average Bonchev–Trinajstić information content (AvgIpc) is 3.02. The number of phenols is 1. The fourth-order valence-electron chi connectivity index (χ4n) is 4.51. The Kier molecular flexibility index (Phi) is 9.50. The van der Waals surface area contributed by atoms with Gasteiger partial charge in [-0.25, -0.2) is 9.59 Å². The van der Waals surface area contributed by atoms with Gasteiger partial charge >= 0.3 is 11.9 Å². The van der Waals surface area contributed by atoms with Gasteiger partial charge in [0.2, 0.25) is 17.8 Å². The quantitative estimate of drug-likeness (QED) is 0.0685. The maximum Gasteiger partial charge on any atom is 0.335 e. The van der Waals surface area contributed by atoms with E-state index in [1.54, 1.807) is 0 Å². The van der Waals surface area contributed by atoms with Crippen molar-refractivity contribution in [3.63, 3.8) is 0 Å². The number of nitrogens with one attached hydrogen (secondary N) is 2. The number of aromatic nitrogens is 3. The maximum absolute atomic E-state index is 12.4. The summed E-state index contributed by atoms with van der Waals surface area (Å²) in [4.78, 5) is 32.1. The lowest BCUT2D eigenvalue weighted by Crippen LogP contribution is -2.09. The highest BCUT2D eigenvalue weighted by Crippen LogP contribution is 2.45. The first-order chi connectivity index (χ1) is 24.1. The molecule has 0 bridgehead atoms. The summed E-state index contributed by atoms with van der Waals surface area (Å²) in [5.74, 6) is -5.43. The number of carboxylic acid groups (broad SMARTS) is 2. The minimum absolute atomic E-state index is 0.125. The first-order valence-electron chi connectivity index (χ1n) is 13.6. The molecule has 10 N–H and O–H groups in total. The van der Waals surface area contributed by atoms with Crippen LogP contribution < -0.4 is 16.4 Å². The molecule has 52 heavy (non-hydrogen) atoms. The highest BCUT2D eigenvalue weighted by molar-refractivity contribution is 7.86. The number of aromatic hydroxyl groups is 1. The number of aromatic carboxylic acids is 2. The summed E-state index contributed by atoms with van der Waals surface area (Å²) in [5.41, 5.74) is 3.14. The van der Waals surface area contributed by atoms with Crippen LogP contribution in [0.2, 0.25) is 0 Å². The molecule has 0 saturated heterocycles. The number of nitrogen functional groups attached to an aromatic ring is 1. The number of carboxylic acids is 2. The minimum Gasteiger partial charge on any atom is -0.505 e. The number of hydrogen-bond donors (Lipinski definition) is 9. The second kappa shape index (κ2) is 13.4. The number of azo groups is 1. The molecule has 0 atom stereocenters. The molecular weight excluding hydrogens is 757 g/mol. The summed E-state index contributed by atoms with van der Waals surface area (Å²) in [6.45, 7) is 0. The molecular formula is C27H20N8O14S3. The number of anilines is 5. The largest absolute Gasteiger partial charge is 0.505 e. The van der Waals surface area contributed by atoms with E-state index >= 15 is 0 Å². The van der Waals surface area contributed by atoms with Crippen LogP contribution in [0.4, 0.5) is 40.6 Å². The molecule has 22 nitrogen and oxygen atoms in total. The second-order valence-electron chi connectivity index (χ2n) is 10.3. The van der Waals surface area contributed by atoms with Gasteiger partial charge in [-0.15, -0.1) is 5.11 Å². The van der Waals surface area contributed by atoms with Crippen molar-refractivity contribution in [3.8, 4) is 5.75 Å². The number of nitrogens with zero attached hydrogens (tertiary/aromatic N) is 5. The van der Waals surface area contributed by atoms with E-state index in [-0.39, 0.29) is 11.4 Å². The molecule has 0 amide bonds. The lowest BCUT2D eigenvalue weighted by Gasteiger charge is -2.15. The van der Waals surface area contributed by atoms with Gasteiger partial charge in [-0.2, -0.15) is 45.3 Å². The van der Waals surface area contributed by atoms with Gasteiger partial charge in [0.1, 0.15) is 10.6 Å². The predicted molar refractivity (Wildman–Crippen MR) is 177 cm³/mol. The highest BCUT2D eigenvalue weighted by atomic mass is 32.2. The van der Waals surface area contributed by atoms with Crippen molar-refractivity contribution in [2.24, 2.45) is 10.2 Å². The lowest BCUT2D eigenvalue weighted by molar-refractivity contribution is 0.0696. The number of nitrogens with two attached hydrogens (primary N) is 1. The Bertz CT molecular complexity index is 2670. The molecule has 0 spiro atoms. The van der Waals surface area contributed by atoms with Gasteiger partial charge in [0.15, 0.2) is 5.75 Å². The maximum atomic E-state index is 12.4. The van der Waals surface area contributed by atoms with E-state index < -0.39 is 114 Å². The summed E-state index contributed by atoms with van der Waals surface area (Å²) in [6, 6.07) is 9.31. The zero-order chi connectivity index (χ0) is 38.3. The fourth-order valence-corrected chi connectivity index (χ4v) is 6.24. The Hall–Kier alpha value is -6.38. The molecule has 5 aromatic rings. The summed E-state index contributed by atoms with van der Waals surface area (Å²) in [7, 11) is -15.0. The Morgan fingerprint density at radius 2 is 1.29 bits per heavy atom. The number of hydrogen-bond acceptors (Lipinski definition) is 17. The molecule has 0 aliphatic carbocycles. The highest BCUT2D eigenvalue weighted by Gasteiger charge is 2.26. The van der Waals surface area contributed by atoms with Crippen LogP contribution in [0.15, 0.2) is 85.6 Å². The molecule has 1 heterocycles. The Morgan fingerprint density at radius 1 is 0.692 bits per heavy atom.